The Morgan fingerprint density at radius 1 is 1.29 bits per heavy atom. The van der Waals surface area contributed by atoms with Crippen LogP contribution in [-0.4, -0.2) is 20.5 Å². The van der Waals surface area contributed by atoms with Crippen LogP contribution in [0.15, 0.2) is 41.0 Å². The molecule has 1 N–H and O–H groups in total. The lowest BCUT2D eigenvalue weighted by molar-refractivity contribution is 0.0937. The van der Waals surface area contributed by atoms with Crippen molar-refractivity contribution in [2.45, 2.75) is 33.2 Å². The summed E-state index contributed by atoms with van der Waals surface area (Å²) in [6.07, 6.45) is 2.39. The first-order valence-electron chi connectivity index (χ1n) is 7.88. The van der Waals surface area contributed by atoms with Crippen LogP contribution in [0, 0.1) is 13.8 Å². The molecule has 0 aliphatic rings. The van der Waals surface area contributed by atoms with Gasteiger partial charge in [0.2, 0.25) is 0 Å². The lowest BCUT2D eigenvalue weighted by Gasteiger charge is -2.17. The molecule has 0 aliphatic heterocycles. The van der Waals surface area contributed by atoms with Crippen LogP contribution in [0.5, 0.6) is 0 Å². The summed E-state index contributed by atoms with van der Waals surface area (Å²) in [5, 5.41) is 7.37. The summed E-state index contributed by atoms with van der Waals surface area (Å²) in [4.78, 5) is 17.2. The van der Waals surface area contributed by atoms with E-state index < -0.39 is 0 Å². The lowest BCUT2D eigenvalue weighted by Crippen LogP contribution is -2.28. The minimum Gasteiger partial charge on any atom is -0.345 e. The highest BCUT2D eigenvalue weighted by Gasteiger charge is 2.19. The summed E-state index contributed by atoms with van der Waals surface area (Å²) in [6.45, 7) is 5.92. The molecule has 3 rings (SSSR count). The van der Waals surface area contributed by atoms with Crippen LogP contribution in [0.3, 0.4) is 0 Å². The van der Waals surface area contributed by atoms with Crippen LogP contribution in [0.25, 0.3) is 5.65 Å². The quantitative estimate of drug-likeness (QED) is 0.737. The third-order valence-electron chi connectivity index (χ3n) is 4.01. The van der Waals surface area contributed by atoms with Crippen molar-refractivity contribution < 1.29 is 4.79 Å². The Morgan fingerprint density at radius 3 is 2.67 bits per heavy atom. The fourth-order valence-corrected chi connectivity index (χ4v) is 3.05. The third-order valence-corrected chi connectivity index (χ3v) is 4.54. The van der Waals surface area contributed by atoms with E-state index in [0.717, 1.165) is 27.8 Å². The summed E-state index contributed by atoms with van der Waals surface area (Å²) in [7, 11) is 0. The van der Waals surface area contributed by atoms with E-state index in [4.69, 9.17) is 0 Å². The van der Waals surface area contributed by atoms with E-state index in [1.54, 1.807) is 10.7 Å². The van der Waals surface area contributed by atoms with E-state index in [9.17, 15) is 4.79 Å². The maximum atomic E-state index is 12.7. The van der Waals surface area contributed by atoms with Crippen molar-refractivity contribution in [1.82, 2.24) is 19.9 Å². The average Bonchev–Trinajstić information content (AvgIpc) is 2.97. The van der Waals surface area contributed by atoms with Gasteiger partial charge in [-0.05, 0) is 44.0 Å². The standard InChI is InChI=1S/C18H19BrN4O/c1-4-16(13-5-7-14(19)8-6-13)22-18(24)15-10-20-23-12(3)9-11(2)21-17(15)23/h5-10,16H,4H2,1-3H3,(H,22,24). The Hall–Kier alpha value is -2.21. The van der Waals surface area contributed by atoms with Gasteiger partial charge in [-0.25, -0.2) is 9.50 Å². The van der Waals surface area contributed by atoms with Crippen LogP contribution in [0.1, 0.15) is 46.7 Å². The molecule has 2 heterocycles. The van der Waals surface area contributed by atoms with Crippen molar-refractivity contribution in [2.24, 2.45) is 0 Å². The number of hydrogen-bond acceptors (Lipinski definition) is 3. The van der Waals surface area contributed by atoms with E-state index in [2.05, 4.69) is 38.3 Å². The molecule has 1 unspecified atom stereocenters. The molecule has 1 amide bonds. The number of fused-ring (bicyclic) bond motifs is 1. The highest BCUT2D eigenvalue weighted by atomic mass is 79.9. The van der Waals surface area contributed by atoms with Gasteiger partial charge in [0.15, 0.2) is 5.65 Å². The average molecular weight is 387 g/mol. The topological polar surface area (TPSA) is 59.3 Å². The number of halogens is 1. The molecule has 0 saturated heterocycles. The predicted molar refractivity (Wildman–Crippen MR) is 97.1 cm³/mol. The number of nitrogens with zero attached hydrogens (tertiary/aromatic N) is 3. The van der Waals surface area contributed by atoms with Gasteiger partial charge in [0, 0.05) is 15.9 Å². The molecular weight excluding hydrogens is 368 g/mol. The highest BCUT2D eigenvalue weighted by molar-refractivity contribution is 9.10. The molecule has 0 saturated carbocycles. The Kier molecular flexibility index (Phi) is 4.66. The van der Waals surface area contributed by atoms with Gasteiger partial charge in [0.05, 0.1) is 12.2 Å². The Balaban J connectivity index is 1.90. The molecule has 3 aromatic rings. The van der Waals surface area contributed by atoms with Crippen LogP contribution in [0.2, 0.25) is 0 Å². The van der Waals surface area contributed by atoms with Gasteiger partial charge in [-0.2, -0.15) is 5.10 Å². The molecule has 1 aromatic carbocycles. The molecule has 0 bridgehead atoms. The number of hydrogen-bond donors (Lipinski definition) is 1. The third kappa shape index (κ3) is 3.19. The highest BCUT2D eigenvalue weighted by Crippen LogP contribution is 2.21. The zero-order valence-corrected chi connectivity index (χ0v) is 15.5. The predicted octanol–water partition coefficient (Wildman–Crippen LogP) is 3.99. The van der Waals surface area contributed by atoms with Gasteiger partial charge in [0.1, 0.15) is 5.56 Å². The number of aryl methyl sites for hydroxylation is 2. The molecule has 0 fully saturated rings. The minimum atomic E-state index is -0.155. The number of carbonyl (C=O) groups is 1. The van der Waals surface area contributed by atoms with Crippen LogP contribution in [-0.2, 0) is 0 Å². The molecular formula is C18H19BrN4O. The maximum Gasteiger partial charge on any atom is 0.257 e. The first-order valence-corrected chi connectivity index (χ1v) is 8.67. The van der Waals surface area contributed by atoms with E-state index in [0.29, 0.717) is 11.2 Å². The van der Waals surface area contributed by atoms with E-state index in [-0.39, 0.29) is 11.9 Å². The number of rotatable bonds is 4. The van der Waals surface area contributed by atoms with Crippen LogP contribution >= 0.6 is 15.9 Å². The van der Waals surface area contributed by atoms with Crippen molar-refractivity contribution in [1.29, 1.82) is 0 Å². The molecule has 0 aliphatic carbocycles. The largest absolute Gasteiger partial charge is 0.345 e. The van der Waals surface area contributed by atoms with Gasteiger partial charge < -0.3 is 5.32 Å². The van der Waals surface area contributed by atoms with Crippen molar-refractivity contribution in [2.75, 3.05) is 0 Å². The fraction of sp³-hybridized carbons (Fsp3) is 0.278. The van der Waals surface area contributed by atoms with Crippen molar-refractivity contribution in [3.8, 4) is 0 Å². The van der Waals surface area contributed by atoms with Gasteiger partial charge in [0.25, 0.3) is 5.91 Å². The molecule has 1 atom stereocenters. The molecule has 0 spiro atoms. The number of amides is 1. The second-order valence-corrected chi connectivity index (χ2v) is 6.73. The number of carbonyl (C=O) groups excluding carboxylic acids is 1. The minimum absolute atomic E-state index is 0.0496. The van der Waals surface area contributed by atoms with Crippen LogP contribution < -0.4 is 5.32 Å². The molecule has 24 heavy (non-hydrogen) atoms. The Labute approximate surface area is 149 Å². The molecule has 5 nitrogen and oxygen atoms in total. The Bertz CT molecular complexity index is 886. The number of benzene rings is 1. The second-order valence-electron chi connectivity index (χ2n) is 5.82. The second kappa shape index (κ2) is 6.73. The van der Waals surface area contributed by atoms with Crippen molar-refractivity contribution >= 4 is 27.5 Å². The zero-order chi connectivity index (χ0) is 17.3. The smallest absolute Gasteiger partial charge is 0.257 e. The SMILES string of the molecule is CCC(NC(=O)c1cnn2c(C)cc(C)nc12)c1ccc(Br)cc1. The van der Waals surface area contributed by atoms with Gasteiger partial charge in [-0.1, -0.05) is 35.0 Å². The lowest BCUT2D eigenvalue weighted by atomic mass is 10.0. The van der Waals surface area contributed by atoms with Gasteiger partial charge in [-0.3, -0.25) is 4.79 Å². The first kappa shape index (κ1) is 16.6. The van der Waals surface area contributed by atoms with Gasteiger partial charge in [-0.15, -0.1) is 0 Å². The van der Waals surface area contributed by atoms with E-state index in [1.165, 1.54) is 0 Å². The van der Waals surface area contributed by atoms with Crippen molar-refractivity contribution in [3.05, 3.63) is 63.5 Å². The summed E-state index contributed by atoms with van der Waals surface area (Å²) in [5.41, 5.74) is 3.99. The van der Waals surface area contributed by atoms with Crippen LogP contribution in [0.4, 0.5) is 0 Å². The zero-order valence-electron chi connectivity index (χ0n) is 13.9. The van der Waals surface area contributed by atoms with E-state index >= 15 is 0 Å². The summed E-state index contributed by atoms with van der Waals surface area (Å²) < 4.78 is 2.72. The molecule has 0 radical (unpaired) electrons. The number of aromatic nitrogens is 3. The molecule has 2 aromatic heterocycles. The molecule has 124 valence electrons. The fourth-order valence-electron chi connectivity index (χ4n) is 2.78. The molecule has 6 heteroatoms. The summed E-state index contributed by atoms with van der Waals surface area (Å²) in [6, 6.07) is 9.88. The normalized spacial score (nSPS) is 12.3. The van der Waals surface area contributed by atoms with E-state index in [1.807, 2.05) is 44.2 Å². The van der Waals surface area contributed by atoms with Gasteiger partial charge >= 0.3 is 0 Å². The first-order chi connectivity index (χ1) is 11.5. The Morgan fingerprint density at radius 2 is 2.00 bits per heavy atom. The number of nitrogens with one attached hydrogen (secondary N) is 1. The monoisotopic (exact) mass is 386 g/mol. The maximum absolute atomic E-state index is 12.7. The van der Waals surface area contributed by atoms with Crippen molar-refractivity contribution in [3.63, 3.8) is 0 Å². The summed E-state index contributed by atoms with van der Waals surface area (Å²) >= 11 is 3.43. The summed E-state index contributed by atoms with van der Waals surface area (Å²) in [5.74, 6) is -0.155.